The Morgan fingerprint density at radius 3 is 2.47 bits per heavy atom. The molecule has 3 fully saturated rings. The van der Waals surface area contributed by atoms with Crippen molar-refractivity contribution in [3.63, 3.8) is 0 Å². The van der Waals surface area contributed by atoms with Crippen LogP contribution >= 0.6 is 0 Å². The van der Waals surface area contributed by atoms with Crippen LogP contribution in [0.5, 0.6) is 0 Å². The number of carbonyl (C=O) groups is 2. The number of ether oxygens (including phenoxy) is 1. The van der Waals surface area contributed by atoms with Crippen molar-refractivity contribution >= 4 is 11.9 Å². The molecule has 5 aliphatic rings. The van der Waals surface area contributed by atoms with E-state index in [2.05, 4.69) is 76.3 Å². The number of esters is 1. The van der Waals surface area contributed by atoms with Crippen LogP contribution in [0.1, 0.15) is 110 Å². The highest BCUT2D eigenvalue weighted by Crippen LogP contribution is 2.75. The van der Waals surface area contributed by atoms with E-state index < -0.39 is 11.5 Å². The monoisotopic (exact) mass is 639 g/mol. The first-order chi connectivity index (χ1) is 22.2. The number of allylic oxidation sites excluding steroid dienone is 2. The molecule has 2 N–H and O–H groups in total. The molecular weight excluding hydrogens is 582 g/mol. The highest BCUT2D eigenvalue weighted by atomic mass is 16.5. The Bertz CT molecular complexity index is 1580. The highest BCUT2D eigenvalue weighted by molar-refractivity contribution is 5.89. The molecule has 10 atom stereocenters. The number of rotatable bonds is 5. The number of nitrogens with zero attached hydrogens (tertiary/aromatic N) is 1. The third kappa shape index (κ3) is 4.51. The second-order valence-corrected chi connectivity index (χ2v) is 17.7. The van der Waals surface area contributed by atoms with E-state index in [4.69, 9.17) is 4.74 Å². The maximum absolute atomic E-state index is 14.8. The van der Waals surface area contributed by atoms with Crippen LogP contribution in [0, 0.1) is 51.2 Å². The molecule has 1 amide bonds. The first-order valence-electron chi connectivity index (χ1n) is 18.4. The number of methoxy groups -OCH3 is 1. The minimum absolute atomic E-state index is 0.0241. The molecule has 1 unspecified atom stereocenters. The van der Waals surface area contributed by atoms with Gasteiger partial charge in [-0.3, -0.25) is 9.89 Å². The summed E-state index contributed by atoms with van der Waals surface area (Å²) in [6, 6.07) is 9.26. The van der Waals surface area contributed by atoms with E-state index in [0.29, 0.717) is 30.1 Å². The first-order valence-corrected chi connectivity index (χ1v) is 18.4. The van der Waals surface area contributed by atoms with Crippen LogP contribution in [0.25, 0.3) is 0 Å². The summed E-state index contributed by atoms with van der Waals surface area (Å²) in [5.74, 6) is 1.95. The van der Waals surface area contributed by atoms with Crippen molar-refractivity contribution in [1.29, 1.82) is 0 Å². The number of H-pyrrole nitrogens is 1. The molecule has 6 nitrogen and oxygen atoms in total. The minimum atomic E-state index is -0.701. The van der Waals surface area contributed by atoms with Crippen LogP contribution in [0.15, 0.2) is 48.2 Å². The highest BCUT2D eigenvalue weighted by Gasteiger charge is 2.69. The van der Waals surface area contributed by atoms with E-state index in [-0.39, 0.29) is 39.5 Å². The third-order valence-corrected chi connectivity index (χ3v) is 15.6. The van der Waals surface area contributed by atoms with Gasteiger partial charge in [0.25, 0.3) is 0 Å². The molecule has 3 saturated carbocycles. The zero-order valence-electron chi connectivity index (χ0n) is 30.0. The summed E-state index contributed by atoms with van der Waals surface area (Å²) in [4.78, 5) is 27.9. The molecule has 0 bridgehead atoms. The molecule has 1 aromatic heterocycles. The summed E-state index contributed by atoms with van der Waals surface area (Å²) in [5.41, 5.74) is 5.22. The van der Waals surface area contributed by atoms with Crippen molar-refractivity contribution < 1.29 is 14.3 Å². The molecule has 47 heavy (non-hydrogen) atoms. The fraction of sp³-hybridized carbons (Fsp3) is 0.683. The molecule has 0 saturated heterocycles. The molecule has 7 rings (SSSR count). The lowest BCUT2D eigenvalue weighted by Gasteiger charge is -2.71. The summed E-state index contributed by atoms with van der Waals surface area (Å²) in [6.07, 6.45) is 13.6. The number of nitrogens with one attached hydrogen (secondary N) is 2. The summed E-state index contributed by atoms with van der Waals surface area (Å²) in [6.45, 7) is 17.5. The van der Waals surface area contributed by atoms with Gasteiger partial charge in [0.05, 0.1) is 18.7 Å². The second-order valence-electron chi connectivity index (χ2n) is 17.7. The fourth-order valence-electron chi connectivity index (χ4n) is 12.8. The summed E-state index contributed by atoms with van der Waals surface area (Å²) in [5, 5.41) is 11.2. The van der Waals surface area contributed by atoms with Crippen LogP contribution in [-0.4, -0.2) is 35.2 Å². The Kier molecular flexibility index (Phi) is 7.69. The van der Waals surface area contributed by atoms with E-state index >= 15 is 0 Å². The number of hydrogen-bond acceptors (Lipinski definition) is 4. The summed E-state index contributed by atoms with van der Waals surface area (Å²) in [7, 11) is 1.42. The quantitative estimate of drug-likeness (QED) is 0.257. The molecular formula is C41H57N3O3. The standard InChI is InChI=1S/C41H57N3O3/c1-25-16-19-41(36(46)43-30(35(45)47-8)22-27-12-10-9-11-13-27)21-20-39(6)29(33(41)26(25)2)14-15-32-38(5)23-28-24-42-44-34(28)37(3,4)31(38)17-18-40(32,39)7/h9-14,24-26,30-33H,15-23H2,1-8H3,(H,42,44)(H,43,46)/t25-,26+,30?,31+,32-,33+,38+,39-,40-,41+/m1/s1. The van der Waals surface area contributed by atoms with Gasteiger partial charge in [0.15, 0.2) is 0 Å². The van der Waals surface area contributed by atoms with E-state index in [1.54, 1.807) is 5.57 Å². The second kappa shape index (κ2) is 11.1. The van der Waals surface area contributed by atoms with Gasteiger partial charge >= 0.3 is 5.97 Å². The van der Waals surface area contributed by atoms with Crippen LogP contribution in [0.4, 0.5) is 0 Å². The maximum Gasteiger partial charge on any atom is 0.328 e. The fourth-order valence-corrected chi connectivity index (χ4v) is 12.8. The Labute approximate surface area is 282 Å². The Morgan fingerprint density at radius 1 is 1.00 bits per heavy atom. The Balaban J connectivity index is 1.26. The van der Waals surface area contributed by atoms with Gasteiger partial charge in [-0.05, 0) is 108 Å². The molecule has 254 valence electrons. The third-order valence-electron chi connectivity index (χ3n) is 15.6. The van der Waals surface area contributed by atoms with Crippen molar-refractivity contribution in [3.8, 4) is 0 Å². The van der Waals surface area contributed by atoms with Crippen LogP contribution < -0.4 is 5.32 Å². The number of amides is 1. The zero-order chi connectivity index (χ0) is 33.6. The van der Waals surface area contributed by atoms with Crippen molar-refractivity contribution in [2.45, 2.75) is 118 Å². The SMILES string of the molecule is COC(=O)C(Cc1ccccc1)NC(=O)[C@]12CC[C@@H](C)[C@H](C)[C@H]1C1=CC[C@@H]3[C@@]4(C)Cc5cn[nH]c5C(C)(C)[C@@H]4CC[C@@]3(C)[C@]1(C)CC2. The first kappa shape index (κ1) is 32.6. The summed E-state index contributed by atoms with van der Waals surface area (Å²) >= 11 is 0. The van der Waals surface area contributed by atoms with Gasteiger partial charge in [-0.2, -0.15) is 5.10 Å². The average Bonchev–Trinajstić information content (AvgIpc) is 3.52. The molecule has 2 aromatic rings. The number of aromatic nitrogens is 2. The van der Waals surface area contributed by atoms with Gasteiger partial charge in [-0.1, -0.05) is 90.4 Å². The zero-order valence-corrected chi connectivity index (χ0v) is 30.0. The largest absolute Gasteiger partial charge is 0.467 e. The van der Waals surface area contributed by atoms with Gasteiger partial charge < -0.3 is 10.1 Å². The molecule has 0 spiro atoms. The molecule has 0 aliphatic heterocycles. The van der Waals surface area contributed by atoms with Crippen LogP contribution in [-0.2, 0) is 32.6 Å². The van der Waals surface area contributed by atoms with Crippen molar-refractivity contribution in [3.05, 3.63) is 65.0 Å². The van der Waals surface area contributed by atoms with Gasteiger partial charge in [0, 0.05) is 17.5 Å². The molecule has 0 radical (unpaired) electrons. The molecule has 1 heterocycles. The van der Waals surface area contributed by atoms with E-state index in [0.717, 1.165) is 44.1 Å². The lowest BCUT2D eigenvalue weighted by atomic mass is 9.33. The van der Waals surface area contributed by atoms with Crippen molar-refractivity contribution in [1.82, 2.24) is 15.5 Å². The van der Waals surface area contributed by atoms with Crippen LogP contribution in [0.2, 0.25) is 0 Å². The smallest absolute Gasteiger partial charge is 0.328 e. The summed E-state index contributed by atoms with van der Waals surface area (Å²) < 4.78 is 5.23. The Morgan fingerprint density at radius 2 is 1.74 bits per heavy atom. The Hall–Kier alpha value is -2.89. The molecule has 1 aromatic carbocycles. The lowest BCUT2D eigenvalue weighted by Crippen LogP contribution is -2.66. The number of hydrogen-bond donors (Lipinski definition) is 2. The number of aromatic amines is 1. The molecule has 6 heteroatoms. The predicted octanol–water partition coefficient (Wildman–Crippen LogP) is 7.98. The van der Waals surface area contributed by atoms with E-state index in [1.165, 1.54) is 31.2 Å². The number of fused-ring (bicyclic) bond motifs is 8. The lowest BCUT2D eigenvalue weighted by molar-refractivity contribution is -0.170. The maximum atomic E-state index is 14.8. The normalized spacial score (nSPS) is 40.7. The average molecular weight is 640 g/mol. The van der Waals surface area contributed by atoms with Crippen molar-refractivity contribution in [2.24, 2.45) is 51.2 Å². The van der Waals surface area contributed by atoms with Crippen molar-refractivity contribution in [2.75, 3.05) is 7.11 Å². The van der Waals surface area contributed by atoms with Gasteiger partial charge in [0.1, 0.15) is 6.04 Å². The van der Waals surface area contributed by atoms with Gasteiger partial charge in [-0.15, -0.1) is 0 Å². The number of carbonyl (C=O) groups excluding carboxylic acids is 2. The van der Waals surface area contributed by atoms with E-state index in [1.807, 2.05) is 30.3 Å². The van der Waals surface area contributed by atoms with E-state index in [9.17, 15) is 9.59 Å². The van der Waals surface area contributed by atoms with Gasteiger partial charge in [0.2, 0.25) is 5.91 Å². The number of benzene rings is 1. The van der Waals surface area contributed by atoms with Gasteiger partial charge in [-0.25, -0.2) is 4.79 Å². The molecule has 5 aliphatic carbocycles. The minimum Gasteiger partial charge on any atom is -0.467 e. The van der Waals surface area contributed by atoms with Crippen LogP contribution in [0.3, 0.4) is 0 Å². The predicted molar refractivity (Wildman–Crippen MR) is 185 cm³/mol. The topological polar surface area (TPSA) is 84.1 Å².